The van der Waals surface area contributed by atoms with Crippen LogP contribution >= 0.6 is 23.2 Å². The average Bonchev–Trinajstić information content (AvgIpc) is 2.45. The molecule has 0 radical (unpaired) electrons. The zero-order valence-corrected chi connectivity index (χ0v) is 14.4. The van der Waals surface area contributed by atoms with Crippen molar-refractivity contribution in [3.63, 3.8) is 0 Å². The Bertz CT molecular complexity index is 806. The molecule has 118 valence electrons. The summed E-state index contributed by atoms with van der Waals surface area (Å²) < 4.78 is 5.12. The minimum Gasteiger partial charge on any atom is -0.462 e. The molecule has 1 heterocycles. The third-order valence-electron chi connectivity index (χ3n) is 3.30. The highest BCUT2D eigenvalue weighted by molar-refractivity contribution is 6.35. The Morgan fingerprint density at radius 3 is 2.35 bits per heavy atom. The minimum absolute atomic E-state index is 0.226. The van der Waals surface area contributed by atoms with Crippen molar-refractivity contribution in [2.75, 3.05) is 6.61 Å². The van der Waals surface area contributed by atoms with E-state index in [4.69, 9.17) is 27.9 Å². The van der Waals surface area contributed by atoms with Gasteiger partial charge in [0.2, 0.25) is 0 Å². The van der Waals surface area contributed by atoms with Crippen molar-refractivity contribution < 1.29 is 9.53 Å². The number of hydrogen-bond acceptors (Lipinski definition) is 4. The number of ether oxygens (including phenoxy) is 1. The van der Waals surface area contributed by atoms with Crippen LogP contribution in [0.5, 0.6) is 0 Å². The maximum absolute atomic E-state index is 12.4. The predicted molar refractivity (Wildman–Crippen MR) is 89.8 cm³/mol. The quantitative estimate of drug-likeness (QED) is 0.752. The molecule has 0 aliphatic rings. The Kier molecular flexibility index (Phi) is 5.25. The van der Waals surface area contributed by atoms with Gasteiger partial charge in [-0.2, -0.15) is 5.26 Å². The van der Waals surface area contributed by atoms with Crippen LogP contribution in [0.3, 0.4) is 0 Å². The summed E-state index contributed by atoms with van der Waals surface area (Å²) in [4.78, 5) is 16.7. The third kappa shape index (κ3) is 3.47. The van der Waals surface area contributed by atoms with Crippen molar-refractivity contribution in [1.82, 2.24) is 4.98 Å². The molecule has 1 aromatic carbocycles. The van der Waals surface area contributed by atoms with Crippen LogP contribution in [0.1, 0.15) is 34.2 Å². The van der Waals surface area contributed by atoms with E-state index in [-0.39, 0.29) is 12.2 Å². The van der Waals surface area contributed by atoms with Gasteiger partial charge in [-0.1, -0.05) is 23.2 Å². The lowest BCUT2D eigenvalue weighted by Gasteiger charge is -2.15. The fraction of sp³-hybridized carbons (Fsp3) is 0.235. The van der Waals surface area contributed by atoms with Crippen LogP contribution in [0.15, 0.2) is 18.2 Å². The van der Waals surface area contributed by atoms with Gasteiger partial charge in [0.05, 0.1) is 29.1 Å². The van der Waals surface area contributed by atoms with Crippen LogP contribution in [-0.2, 0) is 4.74 Å². The lowest BCUT2D eigenvalue weighted by Crippen LogP contribution is -2.12. The fourth-order valence-electron chi connectivity index (χ4n) is 2.43. The van der Waals surface area contributed by atoms with Crippen LogP contribution in [0.2, 0.25) is 10.0 Å². The molecule has 0 saturated heterocycles. The van der Waals surface area contributed by atoms with Gasteiger partial charge in [0.1, 0.15) is 6.07 Å². The van der Waals surface area contributed by atoms with Gasteiger partial charge in [-0.3, -0.25) is 4.98 Å². The van der Waals surface area contributed by atoms with Crippen molar-refractivity contribution in [2.45, 2.75) is 20.8 Å². The second-order valence-electron chi connectivity index (χ2n) is 4.90. The smallest absolute Gasteiger partial charge is 0.340 e. The van der Waals surface area contributed by atoms with Crippen LogP contribution in [-0.4, -0.2) is 17.6 Å². The Morgan fingerprint density at radius 2 is 1.83 bits per heavy atom. The highest BCUT2D eigenvalue weighted by Crippen LogP contribution is 2.34. The topological polar surface area (TPSA) is 63.0 Å². The van der Waals surface area contributed by atoms with Crippen LogP contribution < -0.4 is 0 Å². The van der Waals surface area contributed by atoms with E-state index in [1.165, 1.54) is 0 Å². The number of benzene rings is 1. The van der Waals surface area contributed by atoms with Gasteiger partial charge in [0.25, 0.3) is 0 Å². The zero-order chi connectivity index (χ0) is 17.1. The first kappa shape index (κ1) is 17.3. The maximum atomic E-state index is 12.4. The summed E-state index contributed by atoms with van der Waals surface area (Å²) >= 11 is 12.1. The molecule has 0 aliphatic heterocycles. The monoisotopic (exact) mass is 348 g/mol. The average molecular weight is 349 g/mol. The van der Waals surface area contributed by atoms with E-state index < -0.39 is 5.97 Å². The molecular formula is C17H14Cl2N2O2. The van der Waals surface area contributed by atoms with Gasteiger partial charge in [0.15, 0.2) is 0 Å². The molecule has 2 rings (SSSR count). The molecule has 0 fully saturated rings. The summed E-state index contributed by atoms with van der Waals surface area (Å²) in [5.41, 5.74) is 2.61. The summed E-state index contributed by atoms with van der Waals surface area (Å²) in [5.74, 6) is -0.528. The molecule has 0 saturated carbocycles. The first-order valence-electron chi connectivity index (χ1n) is 6.93. The fourth-order valence-corrected chi connectivity index (χ4v) is 2.95. The SMILES string of the molecule is CCOC(=O)c1c(C)nc(C)c(C#N)c1-c1cc(Cl)cc(Cl)c1. The molecule has 0 atom stereocenters. The van der Waals surface area contributed by atoms with Crippen molar-refractivity contribution in [3.8, 4) is 17.2 Å². The number of aromatic nitrogens is 1. The lowest BCUT2D eigenvalue weighted by molar-refractivity contribution is 0.0526. The summed E-state index contributed by atoms with van der Waals surface area (Å²) in [5, 5.41) is 10.3. The molecule has 23 heavy (non-hydrogen) atoms. The first-order chi connectivity index (χ1) is 10.9. The summed E-state index contributed by atoms with van der Waals surface area (Å²) in [6.45, 7) is 5.37. The maximum Gasteiger partial charge on any atom is 0.340 e. The number of rotatable bonds is 3. The highest BCUT2D eigenvalue weighted by atomic mass is 35.5. The third-order valence-corrected chi connectivity index (χ3v) is 3.74. The van der Waals surface area contributed by atoms with Crippen LogP contribution in [0.25, 0.3) is 11.1 Å². The molecule has 0 N–H and O–H groups in total. The number of halogens is 2. The number of carbonyl (C=O) groups is 1. The molecule has 1 aromatic heterocycles. The normalized spacial score (nSPS) is 10.3. The molecule has 4 nitrogen and oxygen atoms in total. The standard InChI is InChI=1S/C17H14Cl2N2O2/c1-4-23-17(22)15-10(3)21-9(2)14(8-20)16(15)11-5-12(18)7-13(19)6-11/h5-7H,4H2,1-3H3. The molecule has 0 aliphatic carbocycles. The van der Waals surface area contributed by atoms with E-state index in [9.17, 15) is 10.1 Å². The minimum atomic E-state index is -0.528. The number of nitriles is 1. The Labute approximate surface area is 144 Å². The Hall–Kier alpha value is -2.09. The Morgan fingerprint density at radius 1 is 1.22 bits per heavy atom. The lowest BCUT2D eigenvalue weighted by atomic mass is 9.93. The second-order valence-corrected chi connectivity index (χ2v) is 5.77. The molecule has 0 amide bonds. The number of esters is 1. The molecule has 2 aromatic rings. The molecule has 6 heteroatoms. The number of pyridine rings is 1. The van der Waals surface area contributed by atoms with Gasteiger partial charge in [-0.15, -0.1) is 0 Å². The number of hydrogen-bond donors (Lipinski definition) is 0. The van der Waals surface area contributed by atoms with Crippen molar-refractivity contribution in [1.29, 1.82) is 5.26 Å². The molecular weight excluding hydrogens is 335 g/mol. The molecule has 0 unspecified atom stereocenters. The van der Waals surface area contributed by atoms with Crippen molar-refractivity contribution in [2.24, 2.45) is 0 Å². The van der Waals surface area contributed by atoms with Gasteiger partial charge >= 0.3 is 5.97 Å². The number of aryl methyl sites for hydroxylation is 2. The number of carbonyl (C=O) groups excluding carboxylic acids is 1. The Balaban J connectivity index is 2.88. The van der Waals surface area contributed by atoms with Gasteiger partial charge in [-0.25, -0.2) is 4.79 Å². The second kappa shape index (κ2) is 6.99. The van der Waals surface area contributed by atoms with E-state index >= 15 is 0 Å². The van der Waals surface area contributed by atoms with E-state index in [2.05, 4.69) is 11.1 Å². The molecule has 0 bridgehead atoms. The van der Waals surface area contributed by atoms with E-state index in [1.54, 1.807) is 39.0 Å². The summed E-state index contributed by atoms with van der Waals surface area (Å²) in [6, 6.07) is 7.01. The predicted octanol–water partition coefficient (Wildman–Crippen LogP) is 4.72. The highest BCUT2D eigenvalue weighted by Gasteiger charge is 2.24. The van der Waals surface area contributed by atoms with Gasteiger partial charge in [0, 0.05) is 15.6 Å². The van der Waals surface area contributed by atoms with E-state index in [0.717, 1.165) is 0 Å². The van der Waals surface area contributed by atoms with E-state index in [1.807, 2.05) is 0 Å². The van der Waals surface area contributed by atoms with Crippen molar-refractivity contribution >= 4 is 29.2 Å². The molecule has 0 spiro atoms. The number of nitrogens with zero attached hydrogens (tertiary/aromatic N) is 2. The van der Waals surface area contributed by atoms with Crippen molar-refractivity contribution in [3.05, 3.63) is 50.8 Å². The summed E-state index contributed by atoms with van der Waals surface area (Å²) in [6.07, 6.45) is 0. The largest absolute Gasteiger partial charge is 0.462 e. The van der Waals surface area contributed by atoms with E-state index in [0.29, 0.717) is 38.1 Å². The van der Waals surface area contributed by atoms with Crippen LogP contribution in [0.4, 0.5) is 0 Å². The van der Waals surface area contributed by atoms with Gasteiger partial charge < -0.3 is 4.74 Å². The first-order valence-corrected chi connectivity index (χ1v) is 7.69. The van der Waals surface area contributed by atoms with Gasteiger partial charge in [-0.05, 0) is 44.5 Å². The zero-order valence-electron chi connectivity index (χ0n) is 12.9. The van der Waals surface area contributed by atoms with Crippen LogP contribution in [0, 0.1) is 25.2 Å². The summed E-state index contributed by atoms with van der Waals surface area (Å²) in [7, 11) is 0.